The summed E-state index contributed by atoms with van der Waals surface area (Å²) in [6.07, 6.45) is 8.18. The number of hydrogen-bond donors (Lipinski definition) is 2. The highest BCUT2D eigenvalue weighted by molar-refractivity contribution is 6.06. The van der Waals surface area contributed by atoms with Crippen LogP contribution in [0.25, 0.3) is 0 Å². The van der Waals surface area contributed by atoms with E-state index in [9.17, 15) is 9.59 Å². The first-order valence-corrected chi connectivity index (χ1v) is 11.3. The zero-order chi connectivity index (χ0) is 21.4. The molecule has 2 aliphatic heterocycles. The quantitative estimate of drug-likeness (QED) is 0.703. The van der Waals surface area contributed by atoms with Crippen molar-refractivity contribution in [1.82, 2.24) is 20.2 Å². The lowest BCUT2D eigenvalue weighted by Crippen LogP contribution is -3.16. The molecular formula is C22H35N6O2+. The number of nitrogens with one attached hydrogen (secondary N) is 2. The summed E-state index contributed by atoms with van der Waals surface area (Å²) in [5, 5.41) is 3.08. The van der Waals surface area contributed by atoms with Crippen LogP contribution in [0.1, 0.15) is 52.9 Å². The predicted octanol–water partition coefficient (Wildman–Crippen LogP) is 1.06. The number of imide groups is 1. The van der Waals surface area contributed by atoms with Crippen LogP contribution in [0.5, 0.6) is 0 Å². The van der Waals surface area contributed by atoms with Crippen molar-refractivity contribution in [1.29, 1.82) is 0 Å². The van der Waals surface area contributed by atoms with Gasteiger partial charge in [-0.15, -0.1) is 0 Å². The lowest BCUT2D eigenvalue weighted by atomic mass is 9.65. The fraction of sp³-hybridized carbons (Fsp3) is 0.727. The lowest BCUT2D eigenvalue weighted by Gasteiger charge is -2.42. The summed E-state index contributed by atoms with van der Waals surface area (Å²) < 4.78 is 0. The number of rotatable bonds is 5. The summed E-state index contributed by atoms with van der Waals surface area (Å²) >= 11 is 0. The topological polar surface area (TPSA) is 82.9 Å². The van der Waals surface area contributed by atoms with Gasteiger partial charge in [-0.1, -0.05) is 27.2 Å². The first kappa shape index (κ1) is 21.0. The molecule has 0 aromatic carbocycles. The van der Waals surface area contributed by atoms with Crippen molar-refractivity contribution < 1.29 is 14.5 Å². The van der Waals surface area contributed by atoms with Gasteiger partial charge in [0.15, 0.2) is 6.67 Å². The fourth-order valence-electron chi connectivity index (χ4n) is 5.20. The van der Waals surface area contributed by atoms with E-state index in [0.29, 0.717) is 18.0 Å². The van der Waals surface area contributed by atoms with Gasteiger partial charge in [-0.2, -0.15) is 0 Å². The number of nitrogens with zero attached hydrogens (tertiary/aromatic N) is 4. The Morgan fingerprint density at radius 1 is 1.17 bits per heavy atom. The number of carbonyl (C=O) groups is 2. The zero-order valence-corrected chi connectivity index (χ0v) is 18.5. The molecule has 1 saturated carbocycles. The Balaban J connectivity index is 1.33. The minimum absolute atomic E-state index is 0.0124. The average Bonchev–Trinajstić information content (AvgIpc) is 2.99. The van der Waals surface area contributed by atoms with Crippen molar-refractivity contribution in [3.8, 4) is 0 Å². The molecule has 0 atom stereocenters. The van der Waals surface area contributed by atoms with Crippen LogP contribution in [0.3, 0.4) is 0 Å². The van der Waals surface area contributed by atoms with Crippen molar-refractivity contribution in [2.75, 3.05) is 37.7 Å². The highest BCUT2D eigenvalue weighted by Gasteiger charge is 2.54. The molecule has 0 unspecified atom stereocenters. The third-order valence-corrected chi connectivity index (χ3v) is 7.79. The summed E-state index contributed by atoms with van der Waals surface area (Å²) in [4.78, 5) is 39.5. The van der Waals surface area contributed by atoms with E-state index in [1.807, 2.05) is 6.07 Å². The Morgan fingerprint density at radius 2 is 1.80 bits per heavy atom. The lowest BCUT2D eigenvalue weighted by molar-refractivity contribution is -0.907. The highest BCUT2D eigenvalue weighted by atomic mass is 16.2. The van der Waals surface area contributed by atoms with E-state index < -0.39 is 5.54 Å². The number of urea groups is 1. The summed E-state index contributed by atoms with van der Waals surface area (Å²) in [6.45, 7) is 10.7. The van der Waals surface area contributed by atoms with Crippen LogP contribution >= 0.6 is 0 Å². The van der Waals surface area contributed by atoms with Crippen molar-refractivity contribution in [3.63, 3.8) is 0 Å². The molecule has 8 nitrogen and oxygen atoms in total. The summed E-state index contributed by atoms with van der Waals surface area (Å²) in [5.74, 6) is 1.35. The van der Waals surface area contributed by atoms with Gasteiger partial charge < -0.3 is 15.1 Å². The fourth-order valence-corrected chi connectivity index (χ4v) is 5.20. The molecule has 1 aliphatic carbocycles. The van der Waals surface area contributed by atoms with Crippen molar-refractivity contribution in [3.05, 3.63) is 18.5 Å². The molecule has 1 aromatic heterocycles. The van der Waals surface area contributed by atoms with Gasteiger partial charge in [0.05, 0.1) is 26.2 Å². The Labute approximate surface area is 179 Å². The molecule has 0 radical (unpaired) electrons. The van der Waals surface area contributed by atoms with Crippen LogP contribution < -0.4 is 15.1 Å². The summed E-state index contributed by atoms with van der Waals surface area (Å²) in [6, 6.07) is 1.60. The molecule has 2 saturated heterocycles. The largest absolute Gasteiger partial charge is 0.330 e. The van der Waals surface area contributed by atoms with Gasteiger partial charge in [-0.3, -0.25) is 4.79 Å². The highest BCUT2D eigenvalue weighted by Crippen LogP contribution is 2.44. The number of aromatic nitrogens is 2. The number of anilines is 1. The molecule has 1 spiro atoms. The van der Waals surface area contributed by atoms with Crippen LogP contribution in [-0.2, 0) is 4.79 Å². The van der Waals surface area contributed by atoms with E-state index in [1.165, 1.54) is 9.80 Å². The molecule has 3 fully saturated rings. The second-order valence-corrected chi connectivity index (χ2v) is 9.81. The van der Waals surface area contributed by atoms with E-state index in [4.69, 9.17) is 0 Å². The molecule has 8 heteroatoms. The van der Waals surface area contributed by atoms with Crippen LogP contribution in [0.4, 0.5) is 10.7 Å². The summed E-state index contributed by atoms with van der Waals surface area (Å²) in [5.41, 5.74) is -0.379. The maximum atomic E-state index is 13.3. The van der Waals surface area contributed by atoms with Gasteiger partial charge in [0.25, 0.3) is 5.91 Å². The average molecular weight is 416 g/mol. The second-order valence-electron chi connectivity index (χ2n) is 9.81. The van der Waals surface area contributed by atoms with Crippen molar-refractivity contribution in [2.24, 2.45) is 11.3 Å². The van der Waals surface area contributed by atoms with Gasteiger partial charge in [0.1, 0.15) is 5.54 Å². The van der Waals surface area contributed by atoms with Crippen molar-refractivity contribution >= 4 is 17.9 Å². The maximum absolute atomic E-state index is 13.3. The molecule has 4 rings (SSSR count). The van der Waals surface area contributed by atoms with Gasteiger partial charge >= 0.3 is 6.03 Å². The van der Waals surface area contributed by atoms with Crippen LogP contribution in [0.15, 0.2) is 18.5 Å². The zero-order valence-electron chi connectivity index (χ0n) is 18.5. The van der Waals surface area contributed by atoms with E-state index in [1.54, 1.807) is 12.4 Å². The summed E-state index contributed by atoms with van der Waals surface area (Å²) in [7, 11) is 0. The van der Waals surface area contributed by atoms with Crippen LogP contribution in [0, 0.1) is 11.3 Å². The van der Waals surface area contributed by atoms with Crippen molar-refractivity contribution in [2.45, 2.75) is 58.4 Å². The van der Waals surface area contributed by atoms with E-state index in [0.717, 1.165) is 64.2 Å². The molecule has 30 heavy (non-hydrogen) atoms. The Morgan fingerprint density at radius 3 is 2.40 bits per heavy atom. The van der Waals surface area contributed by atoms with Crippen LogP contribution in [0.2, 0.25) is 0 Å². The van der Waals surface area contributed by atoms with E-state index in [2.05, 4.69) is 41.0 Å². The van der Waals surface area contributed by atoms with Gasteiger partial charge in [-0.25, -0.2) is 19.7 Å². The van der Waals surface area contributed by atoms with Gasteiger partial charge in [0, 0.05) is 12.4 Å². The minimum atomic E-state index is -0.670. The molecule has 1 aromatic rings. The molecule has 2 N–H and O–H groups in total. The number of carbonyl (C=O) groups excluding carboxylic acids is 2. The molecule has 3 amide bonds. The standard InChI is InChI=1S/C22H34N6O2/c1-4-21(2,3)17-6-8-22(9-7-17)18(29)28(20(30)25-22)16-26-12-14-27(15-13-26)19-23-10-5-11-24-19/h5,10-11,17H,4,6-9,12-16H2,1-3H3,(H,25,30)/p+1. The normalized spacial score (nSPS) is 28.3. The Hall–Kier alpha value is -2.22. The smallest absolute Gasteiger partial charge is 0.329 e. The number of hydrogen-bond acceptors (Lipinski definition) is 5. The second kappa shape index (κ2) is 8.13. The molecular weight excluding hydrogens is 380 g/mol. The van der Waals surface area contributed by atoms with Gasteiger partial charge in [0.2, 0.25) is 5.95 Å². The number of piperazine rings is 1. The first-order chi connectivity index (χ1) is 14.3. The molecule has 164 valence electrons. The number of amides is 3. The molecule has 3 aliphatic rings. The molecule has 0 bridgehead atoms. The van der Waals surface area contributed by atoms with Gasteiger partial charge in [-0.05, 0) is 43.1 Å². The van der Waals surface area contributed by atoms with E-state index in [-0.39, 0.29) is 11.9 Å². The van der Waals surface area contributed by atoms with Crippen LogP contribution in [-0.4, -0.2) is 65.2 Å². The monoisotopic (exact) mass is 415 g/mol. The Kier molecular flexibility index (Phi) is 5.70. The Bertz CT molecular complexity index is 767. The third kappa shape index (κ3) is 3.89. The van der Waals surface area contributed by atoms with E-state index >= 15 is 0 Å². The number of quaternary nitrogens is 1. The maximum Gasteiger partial charge on any atom is 0.329 e. The molecule has 3 heterocycles. The third-order valence-electron chi connectivity index (χ3n) is 7.79. The first-order valence-electron chi connectivity index (χ1n) is 11.3. The predicted molar refractivity (Wildman–Crippen MR) is 114 cm³/mol. The SMILES string of the molecule is CCC(C)(C)C1CCC2(CC1)NC(=O)N(C[NH+]1CCN(c3ncccn3)CC1)C2=O. The minimum Gasteiger partial charge on any atom is -0.330 e.